The van der Waals surface area contributed by atoms with Gasteiger partial charge in [0.15, 0.2) is 0 Å². The van der Waals surface area contributed by atoms with Crippen LogP contribution in [0.3, 0.4) is 0 Å². The Morgan fingerprint density at radius 1 is 0.396 bits per heavy atom. The molecule has 0 atom stereocenters. The maximum absolute atomic E-state index is 10.5. The molecule has 0 bridgehead atoms. The Morgan fingerprint density at radius 3 is 1.40 bits per heavy atom. The minimum atomic E-state index is 0.358. The number of aromatic nitrogens is 2. The molecule has 2 aromatic heterocycles. The van der Waals surface area contributed by atoms with E-state index in [4.69, 9.17) is 0 Å². The van der Waals surface area contributed by atoms with Crippen LogP contribution in [-0.2, 0) is 0 Å². The van der Waals surface area contributed by atoms with Crippen LogP contribution in [0.2, 0.25) is 0 Å². The molecule has 7 aromatic carbocycles. The van der Waals surface area contributed by atoms with Crippen molar-refractivity contribution in [2.45, 2.75) is 0 Å². The van der Waals surface area contributed by atoms with Crippen LogP contribution in [0.1, 0.15) is 11.1 Å². The molecule has 0 aliphatic rings. The number of para-hydroxylation sites is 5. The van der Waals surface area contributed by atoms with E-state index in [2.05, 4.69) is 161 Å². The van der Waals surface area contributed by atoms with Crippen LogP contribution in [0.4, 0.5) is 0 Å². The topological polar surface area (TPSA) is 57.4 Å². The molecular weight excluding hydrogens is 585 g/mol. The molecule has 0 radical (unpaired) electrons. The summed E-state index contributed by atoms with van der Waals surface area (Å²) < 4.78 is 4.59. The average Bonchev–Trinajstić information content (AvgIpc) is 3.67. The standard InChI is InChI=1S/C44H26N4/c45-27-30-23-26-37(36-15-5-10-20-43(36)48-41-18-8-3-13-34(41)35-14-4-9-19-42(35)48)44(38(30)28-46)29-21-24-31(25-22-29)47-39-16-6-1-11-32(39)33-12-2-7-17-40(33)47/h1-26H. The molecule has 0 spiro atoms. The smallest absolute Gasteiger partial charge is 0.101 e. The molecule has 0 saturated carbocycles. The van der Waals surface area contributed by atoms with Gasteiger partial charge in [0.05, 0.1) is 38.9 Å². The lowest BCUT2D eigenvalue weighted by Gasteiger charge is -2.19. The van der Waals surface area contributed by atoms with Crippen molar-refractivity contribution in [3.8, 4) is 45.8 Å². The molecule has 222 valence electrons. The van der Waals surface area contributed by atoms with E-state index in [1.165, 1.54) is 21.5 Å². The van der Waals surface area contributed by atoms with Gasteiger partial charge in [-0.3, -0.25) is 0 Å². The minimum Gasteiger partial charge on any atom is -0.309 e. The molecule has 0 aliphatic heterocycles. The Morgan fingerprint density at radius 2 is 0.875 bits per heavy atom. The summed E-state index contributed by atoms with van der Waals surface area (Å²) in [6, 6.07) is 58.9. The highest BCUT2D eigenvalue weighted by Crippen LogP contribution is 2.42. The number of benzene rings is 7. The van der Waals surface area contributed by atoms with E-state index in [0.717, 1.165) is 55.7 Å². The van der Waals surface area contributed by atoms with Crippen LogP contribution in [0.25, 0.3) is 77.2 Å². The summed E-state index contributed by atoms with van der Waals surface area (Å²) in [7, 11) is 0. The van der Waals surface area contributed by atoms with Gasteiger partial charge in [-0.25, -0.2) is 0 Å². The number of rotatable bonds is 4. The summed E-state index contributed by atoms with van der Waals surface area (Å²) in [5, 5.41) is 25.4. The normalized spacial score (nSPS) is 11.3. The van der Waals surface area contributed by atoms with Crippen molar-refractivity contribution in [3.05, 3.63) is 169 Å². The highest BCUT2D eigenvalue weighted by atomic mass is 15.0. The molecule has 0 unspecified atom stereocenters. The van der Waals surface area contributed by atoms with Crippen LogP contribution in [-0.4, -0.2) is 9.13 Å². The van der Waals surface area contributed by atoms with Gasteiger partial charge in [-0.1, -0.05) is 109 Å². The highest BCUT2D eigenvalue weighted by molar-refractivity contribution is 6.10. The molecule has 4 heteroatoms. The molecule has 4 nitrogen and oxygen atoms in total. The Hall–Kier alpha value is -6.88. The molecular formula is C44H26N4. The minimum absolute atomic E-state index is 0.358. The van der Waals surface area contributed by atoms with Gasteiger partial charge in [-0.15, -0.1) is 0 Å². The van der Waals surface area contributed by atoms with Crippen molar-refractivity contribution in [1.82, 2.24) is 9.13 Å². The summed E-state index contributed by atoms with van der Waals surface area (Å²) in [6.07, 6.45) is 0. The monoisotopic (exact) mass is 610 g/mol. The van der Waals surface area contributed by atoms with Crippen molar-refractivity contribution in [2.24, 2.45) is 0 Å². The lowest BCUT2D eigenvalue weighted by Crippen LogP contribution is -2.00. The molecule has 0 amide bonds. The SMILES string of the molecule is N#Cc1ccc(-c2ccccc2-n2c3ccccc3c3ccccc32)c(-c2ccc(-n3c4ccccc4c4ccccc43)cc2)c1C#N. The first-order valence-electron chi connectivity index (χ1n) is 15.9. The Labute approximate surface area is 277 Å². The van der Waals surface area contributed by atoms with E-state index in [-0.39, 0.29) is 0 Å². The van der Waals surface area contributed by atoms with E-state index in [1.54, 1.807) is 6.07 Å². The maximum Gasteiger partial charge on any atom is 0.101 e. The average molecular weight is 611 g/mol. The molecule has 48 heavy (non-hydrogen) atoms. The first-order valence-corrected chi connectivity index (χ1v) is 15.9. The predicted molar refractivity (Wildman–Crippen MR) is 195 cm³/mol. The third-order valence-corrected chi connectivity index (χ3v) is 9.45. The highest BCUT2D eigenvalue weighted by Gasteiger charge is 2.21. The largest absolute Gasteiger partial charge is 0.309 e. The molecule has 2 heterocycles. The third kappa shape index (κ3) is 4.01. The zero-order valence-corrected chi connectivity index (χ0v) is 25.8. The number of fused-ring (bicyclic) bond motifs is 6. The quantitative estimate of drug-likeness (QED) is 0.199. The molecule has 0 fully saturated rings. The number of hydrogen-bond acceptors (Lipinski definition) is 2. The van der Waals surface area contributed by atoms with Gasteiger partial charge in [0.2, 0.25) is 0 Å². The van der Waals surface area contributed by atoms with Crippen molar-refractivity contribution in [2.75, 3.05) is 0 Å². The van der Waals surface area contributed by atoms with Crippen molar-refractivity contribution in [3.63, 3.8) is 0 Å². The summed E-state index contributed by atoms with van der Waals surface area (Å²) in [5.74, 6) is 0. The van der Waals surface area contributed by atoms with Gasteiger partial charge in [-0.05, 0) is 59.7 Å². The summed E-state index contributed by atoms with van der Waals surface area (Å²) in [6.45, 7) is 0. The molecule has 0 aliphatic carbocycles. The number of hydrogen-bond donors (Lipinski definition) is 0. The van der Waals surface area contributed by atoms with Crippen LogP contribution in [0.5, 0.6) is 0 Å². The predicted octanol–water partition coefficient (Wildman–Crippen LogP) is 11.0. The summed E-state index contributed by atoms with van der Waals surface area (Å²) in [4.78, 5) is 0. The second-order valence-electron chi connectivity index (χ2n) is 11.9. The van der Waals surface area contributed by atoms with Gasteiger partial charge in [-0.2, -0.15) is 10.5 Å². The fraction of sp³-hybridized carbons (Fsp3) is 0. The lowest BCUT2D eigenvalue weighted by atomic mass is 9.87. The first kappa shape index (κ1) is 27.4. The van der Waals surface area contributed by atoms with Gasteiger partial charge in [0, 0.05) is 38.4 Å². The zero-order chi connectivity index (χ0) is 32.2. The maximum atomic E-state index is 10.5. The number of nitrogens with zero attached hydrogens (tertiary/aromatic N) is 4. The zero-order valence-electron chi connectivity index (χ0n) is 25.8. The molecule has 0 N–H and O–H groups in total. The van der Waals surface area contributed by atoms with Crippen molar-refractivity contribution >= 4 is 43.6 Å². The van der Waals surface area contributed by atoms with Gasteiger partial charge < -0.3 is 9.13 Å². The summed E-state index contributed by atoms with van der Waals surface area (Å²) in [5.41, 5.74) is 10.7. The van der Waals surface area contributed by atoms with Gasteiger partial charge in [0.25, 0.3) is 0 Å². The van der Waals surface area contributed by atoms with E-state index in [0.29, 0.717) is 11.1 Å². The Bertz CT molecular complexity index is 2690. The molecule has 9 aromatic rings. The Balaban J connectivity index is 1.28. The van der Waals surface area contributed by atoms with E-state index in [9.17, 15) is 10.5 Å². The number of nitriles is 2. The second kappa shape index (κ2) is 10.9. The van der Waals surface area contributed by atoms with Crippen LogP contribution < -0.4 is 0 Å². The van der Waals surface area contributed by atoms with E-state index in [1.807, 2.05) is 12.1 Å². The third-order valence-electron chi connectivity index (χ3n) is 9.45. The lowest BCUT2D eigenvalue weighted by molar-refractivity contribution is 1.18. The Kier molecular flexibility index (Phi) is 6.22. The van der Waals surface area contributed by atoms with Crippen LogP contribution in [0.15, 0.2) is 158 Å². The fourth-order valence-electron chi connectivity index (χ4n) is 7.39. The van der Waals surface area contributed by atoms with Crippen molar-refractivity contribution in [1.29, 1.82) is 10.5 Å². The second-order valence-corrected chi connectivity index (χ2v) is 11.9. The first-order chi connectivity index (χ1) is 23.8. The van der Waals surface area contributed by atoms with E-state index >= 15 is 0 Å². The van der Waals surface area contributed by atoms with Gasteiger partial charge in [0.1, 0.15) is 12.1 Å². The van der Waals surface area contributed by atoms with Gasteiger partial charge >= 0.3 is 0 Å². The van der Waals surface area contributed by atoms with Crippen molar-refractivity contribution < 1.29 is 0 Å². The van der Waals surface area contributed by atoms with Crippen LogP contribution >= 0.6 is 0 Å². The van der Waals surface area contributed by atoms with Crippen LogP contribution in [0, 0.1) is 22.7 Å². The fourth-order valence-corrected chi connectivity index (χ4v) is 7.39. The molecule has 0 saturated heterocycles. The summed E-state index contributed by atoms with van der Waals surface area (Å²) >= 11 is 0. The van der Waals surface area contributed by atoms with E-state index < -0.39 is 0 Å². The molecule has 9 rings (SSSR count).